The number of carbonyl (C=O) groups excluding carboxylic acids is 2. The number of carbonyl (C=O) groups is 2. The SMILES string of the molecule is CCCCC/C=C\C/C=C\C/C=C\CCCCCCCCC(=O)OC(COC(=O)CCCCCCCCCC)COP(=O)(O)OCCN. The Morgan fingerprint density at radius 3 is 1.65 bits per heavy atom. The quantitative estimate of drug-likeness (QED) is 0.0287. The number of nitrogens with two attached hydrogens (primary N) is 1. The minimum atomic E-state index is -4.37. The van der Waals surface area contributed by atoms with Gasteiger partial charge in [0.2, 0.25) is 0 Å². The highest BCUT2D eigenvalue weighted by Crippen LogP contribution is 2.43. The summed E-state index contributed by atoms with van der Waals surface area (Å²) in [5.41, 5.74) is 5.32. The Kier molecular flexibility index (Phi) is 33.8. The highest BCUT2D eigenvalue weighted by Gasteiger charge is 2.25. The molecule has 0 fully saturated rings. The van der Waals surface area contributed by atoms with Gasteiger partial charge in [-0.05, 0) is 51.4 Å². The third-order valence-corrected chi connectivity index (χ3v) is 8.76. The van der Waals surface area contributed by atoms with Crippen molar-refractivity contribution in [2.45, 2.75) is 168 Å². The van der Waals surface area contributed by atoms with E-state index in [1.54, 1.807) is 0 Å². The first-order chi connectivity index (χ1) is 23.3. The van der Waals surface area contributed by atoms with Gasteiger partial charge in [-0.1, -0.05) is 134 Å². The third-order valence-electron chi connectivity index (χ3n) is 7.78. The van der Waals surface area contributed by atoms with E-state index in [1.807, 2.05) is 0 Å². The molecule has 0 aliphatic carbocycles. The molecular weight excluding hydrogens is 629 g/mol. The fourth-order valence-corrected chi connectivity index (χ4v) is 5.70. The molecule has 0 aromatic carbocycles. The molecule has 0 rings (SSSR count). The molecule has 0 radical (unpaired) electrons. The molecule has 0 saturated carbocycles. The fraction of sp³-hybridized carbons (Fsp3) is 0.789. The van der Waals surface area contributed by atoms with E-state index in [2.05, 4.69) is 50.3 Å². The second-order valence-electron chi connectivity index (χ2n) is 12.4. The van der Waals surface area contributed by atoms with Crippen LogP contribution in [0.5, 0.6) is 0 Å². The van der Waals surface area contributed by atoms with Crippen molar-refractivity contribution in [1.29, 1.82) is 0 Å². The first-order valence-corrected chi connectivity index (χ1v) is 20.5. The van der Waals surface area contributed by atoms with Crippen LogP contribution in [0, 0.1) is 0 Å². The molecule has 0 aliphatic rings. The molecule has 280 valence electrons. The Labute approximate surface area is 293 Å². The molecule has 2 atom stereocenters. The normalized spacial score (nSPS) is 13.8. The number of rotatable bonds is 35. The van der Waals surface area contributed by atoms with Crippen molar-refractivity contribution in [2.24, 2.45) is 5.73 Å². The number of hydrogen-bond acceptors (Lipinski definition) is 8. The molecule has 0 aromatic rings. The first-order valence-electron chi connectivity index (χ1n) is 19.0. The number of phosphoric acid groups is 1. The Balaban J connectivity index is 4.19. The summed E-state index contributed by atoms with van der Waals surface area (Å²) in [4.78, 5) is 34.6. The van der Waals surface area contributed by atoms with Gasteiger partial charge in [0.1, 0.15) is 6.61 Å². The van der Waals surface area contributed by atoms with Crippen molar-refractivity contribution >= 4 is 19.8 Å². The highest BCUT2D eigenvalue weighted by atomic mass is 31.2. The molecular formula is C38H70NO8P. The molecule has 9 nitrogen and oxygen atoms in total. The average Bonchev–Trinajstić information content (AvgIpc) is 3.07. The Hall–Kier alpha value is -1.77. The van der Waals surface area contributed by atoms with Gasteiger partial charge in [-0.2, -0.15) is 0 Å². The van der Waals surface area contributed by atoms with Gasteiger partial charge < -0.3 is 20.1 Å². The smallest absolute Gasteiger partial charge is 0.462 e. The number of ether oxygens (including phenoxy) is 2. The lowest BCUT2D eigenvalue weighted by atomic mass is 10.1. The van der Waals surface area contributed by atoms with Crippen LogP contribution in [0.25, 0.3) is 0 Å². The van der Waals surface area contributed by atoms with Gasteiger partial charge in [-0.15, -0.1) is 0 Å². The summed E-state index contributed by atoms with van der Waals surface area (Å²) in [6, 6.07) is 0. The zero-order chi connectivity index (χ0) is 35.4. The van der Waals surface area contributed by atoms with Gasteiger partial charge in [0.25, 0.3) is 0 Å². The van der Waals surface area contributed by atoms with Crippen LogP contribution in [-0.2, 0) is 32.7 Å². The monoisotopic (exact) mass is 699 g/mol. The van der Waals surface area contributed by atoms with Gasteiger partial charge in [-0.3, -0.25) is 18.6 Å². The van der Waals surface area contributed by atoms with Crippen LogP contribution in [-0.4, -0.2) is 49.3 Å². The molecule has 0 amide bonds. The van der Waals surface area contributed by atoms with Crippen LogP contribution in [0.4, 0.5) is 0 Å². The minimum absolute atomic E-state index is 0.0509. The Morgan fingerprint density at radius 2 is 1.08 bits per heavy atom. The van der Waals surface area contributed by atoms with E-state index >= 15 is 0 Å². The van der Waals surface area contributed by atoms with Crippen LogP contribution in [0.3, 0.4) is 0 Å². The van der Waals surface area contributed by atoms with Crippen LogP contribution in [0.15, 0.2) is 36.5 Å². The number of phosphoric ester groups is 1. The zero-order valence-corrected chi connectivity index (χ0v) is 31.4. The molecule has 0 spiro atoms. The van der Waals surface area contributed by atoms with Crippen LogP contribution >= 0.6 is 7.82 Å². The summed E-state index contributed by atoms with van der Waals surface area (Å²) in [5.74, 6) is -0.849. The topological polar surface area (TPSA) is 134 Å². The molecule has 48 heavy (non-hydrogen) atoms. The van der Waals surface area contributed by atoms with E-state index in [0.29, 0.717) is 6.42 Å². The molecule has 0 bridgehead atoms. The van der Waals surface area contributed by atoms with E-state index in [9.17, 15) is 19.0 Å². The maximum Gasteiger partial charge on any atom is 0.472 e. The number of allylic oxidation sites excluding steroid dienone is 6. The van der Waals surface area contributed by atoms with E-state index in [0.717, 1.165) is 70.6 Å². The van der Waals surface area contributed by atoms with Gasteiger partial charge >= 0.3 is 19.8 Å². The molecule has 0 heterocycles. The van der Waals surface area contributed by atoms with E-state index in [1.165, 1.54) is 57.8 Å². The predicted molar refractivity (Wildman–Crippen MR) is 197 cm³/mol. The van der Waals surface area contributed by atoms with E-state index in [-0.39, 0.29) is 32.6 Å². The number of hydrogen-bond donors (Lipinski definition) is 2. The molecule has 0 aromatic heterocycles. The van der Waals surface area contributed by atoms with E-state index in [4.69, 9.17) is 24.3 Å². The standard InChI is InChI=1S/C38H70NO8P/c1-3-5-7-9-11-13-14-15-16-17-18-19-20-21-22-23-25-27-29-31-38(41)47-36(35-46-48(42,43)45-33-32-39)34-44-37(40)30-28-26-24-12-10-8-6-4-2/h11,13,15-16,18-19,36H,3-10,12,14,17,20-35,39H2,1-2H3,(H,42,43)/b13-11-,16-15-,19-18-. The minimum Gasteiger partial charge on any atom is -0.462 e. The lowest BCUT2D eigenvalue weighted by Gasteiger charge is -2.19. The molecule has 0 saturated heterocycles. The van der Waals surface area contributed by atoms with Crippen molar-refractivity contribution in [2.75, 3.05) is 26.4 Å². The molecule has 10 heteroatoms. The fourth-order valence-electron chi connectivity index (χ4n) is 4.93. The molecule has 2 unspecified atom stereocenters. The Morgan fingerprint density at radius 1 is 0.625 bits per heavy atom. The van der Waals surface area contributed by atoms with Crippen LogP contribution in [0.1, 0.15) is 162 Å². The van der Waals surface area contributed by atoms with Crippen LogP contribution < -0.4 is 5.73 Å². The third kappa shape index (κ3) is 34.1. The lowest BCUT2D eigenvalue weighted by molar-refractivity contribution is -0.161. The lowest BCUT2D eigenvalue weighted by Crippen LogP contribution is -2.29. The van der Waals surface area contributed by atoms with Crippen LogP contribution in [0.2, 0.25) is 0 Å². The maximum atomic E-state index is 12.5. The average molecular weight is 700 g/mol. The van der Waals surface area contributed by atoms with Crippen molar-refractivity contribution in [3.8, 4) is 0 Å². The van der Waals surface area contributed by atoms with Gasteiger partial charge in [0, 0.05) is 19.4 Å². The van der Waals surface area contributed by atoms with Gasteiger partial charge in [0.05, 0.1) is 13.2 Å². The summed E-state index contributed by atoms with van der Waals surface area (Å²) in [6.45, 7) is 3.64. The van der Waals surface area contributed by atoms with Gasteiger partial charge in [-0.25, -0.2) is 4.57 Å². The van der Waals surface area contributed by atoms with Crippen molar-refractivity contribution in [1.82, 2.24) is 0 Å². The number of unbranched alkanes of at least 4 members (excludes halogenated alkanes) is 16. The summed E-state index contributed by atoms with van der Waals surface area (Å²) < 4.78 is 32.5. The number of esters is 2. The second-order valence-corrected chi connectivity index (χ2v) is 13.9. The largest absolute Gasteiger partial charge is 0.472 e. The summed E-state index contributed by atoms with van der Waals surface area (Å²) >= 11 is 0. The Bertz CT molecular complexity index is 892. The van der Waals surface area contributed by atoms with Gasteiger partial charge in [0.15, 0.2) is 6.10 Å². The highest BCUT2D eigenvalue weighted by molar-refractivity contribution is 7.47. The summed E-state index contributed by atoms with van der Waals surface area (Å²) in [6.07, 6.45) is 36.1. The summed E-state index contributed by atoms with van der Waals surface area (Å²) in [5, 5.41) is 0. The first kappa shape index (κ1) is 46.2. The maximum absolute atomic E-state index is 12.5. The second kappa shape index (κ2) is 35.1. The molecule has 3 N–H and O–H groups in total. The van der Waals surface area contributed by atoms with Crippen molar-refractivity contribution in [3.63, 3.8) is 0 Å². The zero-order valence-electron chi connectivity index (χ0n) is 30.5. The van der Waals surface area contributed by atoms with Crippen molar-refractivity contribution in [3.05, 3.63) is 36.5 Å². The summed E-state index contributed by atoms with van der Waals surface area (Å²) in [7, 11) is -4.37. The van der Waals surface area contributed by atoms with E-state index < -0.39 is 32.5 Å². The van der Waals surface area contributed by atoms with Crippen molar-refractivity contribution < 1.29 is 37.6 Å². The predicted octanol–water partition coefficient (Wildman–Crippen LogP) is 10.2. The molecule has 0 aliphatic heterocycles.